The van der Waals surface area contributed by atoms with Crippen LogP contribution in [-0.4, -0.2) is 16.5 Å². The van der Waals surface area contributed by atoms with Crippen molar-refractivity contribution in [2.75, 3.05) is 0 Å². The molecule has 0 heterocycles. The Morgan fingerprint density at radius 1 is 1.04 bits per heavy atom. The molecule has 0 atom stereocenters. The number of nitro benzene ring substituents is 1. The van der Waals surface area contributed by atoms with Crippen LogP contribution < -0.4 is 0 Å². The van der Waals surface area contributed by atoms with Crippen molar-refractivity contribution in [1.29, 1.82) is 0 Å². The van der Waals surface area contributed by atoms with Crippen LogP contribution in [0.5, 0.6) is 0 Å². The number of alkyl halides is 3. The smallest absolute Gasteiger partial charge is 0.299 e. The van der Waals surface area contributed by atoms with Crippen molar-refractivity contribution >= 4 is 17.3 Å². The van der Waals surface area contributed by atoms with E-state index in [1.54, 1.807) is 30.3 Å². The van der Waals surface area contributed by atoms with Gasteiger partial charge in [0.15, 0.2) is 5.78 Å². The van der Waals surface area contributed by atoms with Crippen LogP contribution in [0.15, 0.2) is 48.5 Å². The van der Waals surface area contributed by atoms with E-state index >= 15 is 0 Å². The molecule has 2 aromatic rings. The van der Waals surface area contributed by atoms with Crippen LogP contribution in [0.2, 0.25) is 0 Å². The number of carbonyl (C=O) groups is 2. The zero-order valence-corrected chi connectivity index (χ0v) is 12.7. The Bertz CT molecular complexity index is 816. The third kappa shape index (κ3) is 4.72. The number of halogens is 3. The van der Waals surface area contributed by atoms with Crippen LogP contribution in [0.1, 0.15) is 27.9 Å². The molecule has 0 saturated carbocycles. The van der Waals surface area contributed by atoms with Gasteiger partial charge >= 0.3 is 6.18 Å². The predicted octanol–water partition coefficient (Wildman–Crippen LogP) is 4.00. The lowest BCUT2D eigenvalue weighted by atomic mass is 9.99. The first-order valence-electron chi connectivity index (χ1n) is 7.13. The molecular weight excluding hydrogens is 339 g/mol. The summed E-state index contributed by atoms with van der Waals surface area (Å²) in [4.78, 5) is 34.0. The maximum Gasteiger partial charge on any atom is 0.416 e. The van der Waals surface area contributed by atoms with Gasteiger partial charge in [0.2, 0.25) is 0 Å². The Hall–Kier alpha value is -3.03. The summed E-state index contributed by atoms with van der Waals surface area (Å²) in [6.07, 6.45) is -5.43. The second-order valence-electron chi connectivity index (χ2n) is 5.29. The minimum atomic E-state index is -4.77. The highest BCUT2D eigenvalue weighted by molar-refractivity contribution is 6.10. The number of benzene rings is 2. The van der Waals surface area contributed by atoms with Crippen LogP contribution in [0, 0.1) is 10.1 Å². The quantitative estimate of drug-likeness (QED) is 0.341. The van der Waals surface area contributed by atoms with Crippen LogP contribution in [0.25, 0.3) is 0 Å². The van der Waals surface area contributed by atoms with Crippen LogP contribution in [-0.2, 0) is 17.4 Å². The van der Waals surface area contributed by atoms with Gasteiger partial charge in [-0.3, -0.25) is 19.7 Å². The van der Waals surface area contributed by atoms with Crippen molar-refractivity contribution in [3.8, 4) is 0 Å². The molecule has 0 aliphatic heterocycles. The summed E-state index contributed by atoms with van der Waals surface area (Å²) < 4.78 is 38.0. The van der Waals surface area contributed by atoms with Gasteiger partial charge in [0.1, 0.15) is 5.78 Å². The third-order valence-corrected chi connectivity index (χ3v) is 3.42. The molecule has 0 spiro atoms. The molecule has 0 aromatic heterocycles. The van der Waals surface area contributed by atoms with Crippen LogP contribution in [0.3, 0.4) is 0 Å². The fourth-order valence-electron chi connectivity index (χ4n) is 2.26. The van der Waals surface area contributed by atoms with Crippen molar-refractivity contribution in [2.45, 2.75) is 19.0 Å². The van der Waals surface area contributed by atoms with E-state index in [0.29, 0.717) is 17.7 Å². The Balaban J connectivity index is 2.21. The number of Topliss-reactive ketones (excluding diaryl/α,β-unsaturated/α-hetero) is 2. The van der Waals surface area contributed by atoms with Gasteiger partial charge in [0, 0.05) is 12.5 Å². The van der Waals surface area contributed by atoms with E-state index < -0.39 is 45.9 Å². The highest BCUT2D eigenvalue weighted by Crippen LogP contribution is 2.33. The third-order valence-electron chi connectivity index (χ3n) is 3.42. The van der Waals surface area contributed by atoms with E-state index in [9.17, 15) is 32.9 Å². The lowest BCUT2D eigenvalue weighted by Crippen LogP contribution is -2.13. The number of hydrogen-bond donors (Lipinski definition) is 0. The molecular formula is C17H12F3NO4. The van der Waals surface area contributed by atoms with E-state index in [-0.39, 0.29) is 6.42 Å². The average Bonchev–Trinajstić information content (AvgIpc) is 2.54. The van der Waals surface area contributed by atoms with Gasteiger partial charge in [-0.1, -0.05) is 30.3 Å². The second-order valence-corrected chi connectivity index (χ2v) is 5.29. The molecule has 0 radical (unpaired) electrons. The highest BCUT2D eigenvalue weighted by atomic mass is 19.4. The monoisotopic (exact) mass is 351 g/mol. The summed E-state index contributed by atoms with van der Waals surface area (Å²) in [6.45, 7) is 0. The van der Waals surface area contributed by atoms with Gasteiger partial charge in [-0.25, -0.2) is 0 Å². The average molecular weight is 351 g/mol. The first kappa shape index (κ1) is 18.3. The van der Waals surface area contributed by atoms with Crippen LogP contribution >= 0.6 is 0 Å². The number of carbonyl (C=O) groups excluding carboxylic acids is 2. The summed E-state index contributed by atoms with van der Waals surface area (Å²) in [5.74, 6) is -1.37. The number of ketones is 2. The second kappa shape index (κ2) is 7.25. The predicted molar refractivity (Wildman–Crippen MR) is 82.2 cm³/mol. The maximum absolute atomic E-state index is 12.7. The fraction of sp³-hybridized carbons (Fsp3) is 0.176. The van der Waals surface area contributed by atoms with Crippen LogP contribution in [0.4, 0.5) is 18.9 Å². The zero-order chi connectivity index (χ0) is 18.6. The first-order chi connectivity index (χ1) is 11.7. The molecule has 8 heteroatoms. The molecule has 0 amide bonds. The lowest BCUT2D eigenvalue weighted by molar-refractivity contribution is -0.385. The highest BCUT2D eigenvalue weighted by Gasteiger charge is 2.34. The number of nitrogens with zero attached hydrogens (tertiary/aromatic N) is 1. The molecule has 0 bridgehead atoms. The summed E-state index contributed by atoms with van der Waals surface area (Å²) in [5, 5.41) is 11.0. The van der Waals surface area contributed by atoms with E-state index in [1.165, 1.54) is 0 Å². The van der Waals surface area contributed by atoms with Gasteiger partial charge in [-0.15, -0.1) is 0 Å². The molecule has 0 aliphatic carbocycles. The molecule has 0 unspecified atom stereocenters. The summed E-state index contributed by atoms with van der Waals surface area (Å²) in [6, 6.07) is 10.2. The van der Waals surface area contributed by atoms with Crippen molar-refractivity contribution < 1.29 is 27.7 Å². The van der Waals surface area contributed by atoms with E-state index in [4.69, 9.17) is 0 Å². The summed E-state index contributed by atoms with van der Waals surface area (Å²) in [5.41, 5.74) is -2.04. The summed E-state index contributed by atoms with van der Waals surface area (Å²) in [7, 11) is 0. The van der Waals surface area contributed by atoms with Crippen molar-refractivity contribution in [2.24, 2.45) is 0 Å². The van der Waals surface area contributed by atoms with Gasteiger partial charge in [-0.05, 0) is 17.7 Å². The normalized spacial score (nSPS) is 11.2. The molecule has 25 heavy (non-hydrogen) atoms. The minimum Gasteiger partial charge on any atom is -0.299 e. The molecule has 0 saturated heterocycles. The van der Waals surface area contributed by atoms with Gasteiger partial charge in [0.25, 0.3) is 5.69 Å². The molecule has 2 aromatic carbocycles. The van der Waals surface area contributed by atoms with Crippen molar-refractivity contribution in [1.82, 2.24) is 0 Å². The van der Waals surface area contributed by atoms with Gasteiger partial charge < -0.3 is 0 Å². The SMILES string of the molecule is O=C(CC(=O)c1ccc(C(F)(F)F)cc1[N+](=O)[O-])Cc1ccccc1. The Kier molecular flexibility index (Phi) is 5.31. The standard InChI is InChI=1S/C17H12F3NO4/c18-17(19,20)12-6-7-14(15(9-12)21(24)25)16(23)10-13(22)8-11-4-2-1-3-5-11/h1-7,9H,8,10H2. The van der Waals surface area contributed by atoms with Crippen molar-refractivity contribution in [3.63, 3.8) is 0 Å². The number of rotatable bonds is 6. The van der Waals surface area contributed by atoms with E-state index in [0.717, 1.165) is 6.07 Å². The Morgan fingerprint density at radius 3 is 2.24 bits per heavy atom. The number of hydrogen-bond acceptors (Lipinski definition) is 4. The van der Waals surface area contributed by atoms with E-state index in [2.05, 4.69) is 0 Å². The molecule has 0 fully saturated rings. The topological polar surface area (TPSA) is 77.3 Å². The zero-order valence-electron chi connectivity index (χ0n) is 12.7. The van der Waals surface area contributed by atoms with E-state index in [1.807, 2.05) is 0 Å². The maximum atomic E-state index is 12.7. The fourth-order valence-corrected chi connectivity index (χ4v) is 2.26. The van der Waals surface area contributed by atoms with Gasteiger partial charge in [0.05, 0.1) is 22.5 Å². The Labute approximate surface area is 140 Å². The minimum absolute atomic E-state index is 0.0407. The molecule has 0 N–H and O–H groups in total. The molecule has 2 rings (SSSR count). The molecule has 5 nitrogen and oxygen atoms in total. The largest absolute Gasteiger partial charge is 0.416 e. The van der Waals surface area contributed by atoms with Gasteiger partial charge in [-0.2, -0.15) is 13.2 Å². The Morgan fingerprint density at radius 2 is 1.68 bits per heavy atom. The molecule has 0 aliphatic rings. The lowest BCUT2D eigenvalue weighted by Gasteiger charge is -2.08. The first-order valence-corrected chi connectivity index (χ1v) is 7.13. The number of nitro groups is 1. The summed E-state index contributed by atoms with van der Waals surface area (Å²) >= 11 is 0. The van der Waals surface area contributed by atoms with Crippen molar-refractivity contribution in [3.05, 3.63) is 75.3 Å². The molecule has 130 valence electrons.